The normalized spacial score (nSPS) is 19.2. The van der Waals surface area contributed by atoms with Crippen LogP contribution in [0.1, 0.15) is 26.5 Å². The number of rotatable bonds is 11. The van der Waals surface area contributed by atoms with Crippen molar-refractivity contribution in [2.75, 3.05) is 45.2 Å². The van der Waals surface area contributed by atoms with E-state index >= 15 is 0 Å². The monoisotopic (exact) mass is 587 g/mol. The highest BCUT2D eigenvalue weighted by Gasteiger charge is 2.54. The second-order valence-corrected chi connectivity index (χ2v) is 11.1. The Morgan fingerprint density at radius 3 is 2.64 bits per heavy atom. The minimum absolute atomic E-state index is 0.0259. The van der Waals surface area contributed by atoms with E-state index in [9.17, 15) is 24.4 Å². The van der Waals surface area contributed by atoms with Crippen molar-refractivity contribution >= 4 is 57.9 Å². The molecule has 0 aromatic carbocycles. The van der Waals surface area contributed by atoms with Crippen LogP contribution in [0.25, 0.3) is 0 Å². The Morgan fingerprint density at radius 1 is 1.28 bits per heavy atom. The van der Waals surface area contributed by atoms with Crippen LogP contribution in [0.3, 0.4) is 0 Å². The zero-order valence-corrected chi connectivity index (χ0v) is 23.3. The van der Waals surface area contributed by atoms with Gasteiger partial charge in [0.1, 0.15) is 17.1 Å². The SMILES string of the molecule is COCCOCC1=C(OC(=O)OCOC(=O)C(C)(C)C)N2C(=O)C(NC(=O)/C(=N\O)c3csc(N)n3)[C@@H]2SC1. The lowest BCUT2D eigenvalue weighted by Gasteiger charge is -2.49. The summed E-state index contributed by atoms with van der Waals surface area (Å²) < 4.78 is 25.6. The van der Waals surface area contributed by atoms with Crippen LogP contribution in [0.15, 0.2) is 22.0 Å². The van der Waals surface area contributed by atoms with Crippen LogP contribution >= 0.6 is 23.1 Å². The molecule has 3 rings (SSSR count). The number of carbonyl (C=O) groups is 4. The number of oxime groups is 1. The first-order chi connectivity index (χ1) is 18.5. The Balaban J connectivity index is 1.69. The number of thiazole rings is 1. The molecule has 1 saturated heterocycles. The molecule has 0 bridgehead atoms. The lowest BCUT2D eigenvalue weighted by Crippen LogP contribution is -2.70. The molecule has 1 aromatic rings. The number of fused-ring (bicyclic) bond motifs is 1. The molecule has 39 heavy (non-hydrogen) atoms. The van der Waals surface area contributed by atoms with E-state index in [1.165, 1.54) is 29.2 Å². The third-order valence-electron chi connectivity index (χ3n) is 5.23. The van der Waals surface area contributed by atoms with Crippen LogP contribution in [0, 0.1) is 5.41 Å². The van der Waals surface area contributed by atoms with Gasteiger partial charge in [0.05, 0.1) is 25.2 Å². The standard InChI is InChI=1S/C22H29N5O10S2/c1-22(2,3)19(30)35-10-36-21(31)37-17-11(7-34-6-5-33-4)8-38-18-14(16(29)27(17)18)25-15(28)13(26-32)12-9-39-20(23)24-12/h9,14,18,32H,5-8,10H2,1-4H3,(H2,23,24)(H,25,28)/b26-13-/t14?,18-/m0/s1. The molecule has 2 aliphatic heterocycles. The first kappa shape index (κ1) is 30.1. The number of amides is 2. The number of nitrogens with two attached hydrogens (primary N) is 1. The zero-order valence-electron chi connectivity index (χ0n) is 21.6. The maximum atomic E-state index is 13.1. The number of ether oxygens (including phenoxy) is 5. The van der Waals surface area contributed by atoms with E-state index in [0.717, 1.165) is 11.3 Å². The van der Waals surface area contributed by atoms with Crippen LogP contribution in [0.5, 0.6) is 0 Å². The van der Waals surface area contributed by atoms with Crippen LogP contribution in [-0.2, 0) is 38.1 Å². The molecular formula is C22H29N5O10S2. The number of β-lactam (4-membered cyclic amide) rings is 1. The van der Waals surface area contributed by atoms with Crippen molar-refractivity contribution in [2.24, 2.45) is 10.6 Å². The van der Waals surface area contributed by atoms with E-state index in [4.69, 9.17) is 29.4 Å². The number of carbonyl (C=O) groups excluding carboxylic acids is 4. The predicted molar refractivity (Wildman–Crippen MR) is 138 cm³/mol. The van der Waals surface area contributed by atoms with Crippen LogP contribution in [0.4, 0.5) is 9.93 Å². The van der Waals surface area contributed by atoms with Crippen molar-refractivity contribution in [1.82, 2.24) is 15.2 Å². The van der Waals surface area contributed by atoms with Gasteiger partial charge in [0.15, 0.2) is 10.8 Å². The molecule has 0 radical (unpaired) electrons. The molecule has 17 heteroatoms. The second-order valence-electron chi connectivity index (χ2n) is 9.13. The van der Waals surface area contributed by atoms with Gasteiger partial charge in [-0.3, -0.25) is 19.3 Å². The Bertz CT molecular complexity index is 1160. The highest BCUT2D eigenvalue weighted by Crippen LogP contribution is 2.41. The third kappa shape index (κ3) is 7.37. The highest BCUT2D eigenvalue weighted by molar-refractivity contribution is 8.00. The number of anilines is 1. The van der Waals surface area contributed by atoms with Gasteiger partial charge in [0, 0.05) is 23.8 Å². The highest BCUT2D eigenvalue weighted by atomic mass is 32.2. The molecule has 2 amide bonds. The third-order valence-corrected chi connectivity index (χ3v) is 7.24. The van der Waals surface area contributed by atoms with E-state index in [1.807, 2.05) is 0 Å². The van der Waals surface area contributed by atoms with Gasteiger partial charge in [-0.15, -0.1) is 23.1 Å². The predicted octanol–water partition coefficient (Wildman–Crippen LogP) is 0.878. The van der Waals surface area contributed by atoms with Crippen LogP contribution in [0.2, 0.25) is 0 Å². The first-order valence-electron chi connectivity index (χ1n) is 11.5. The lowest BCUT2D eigenvalue weighted by molar-refractivity contribution is -0.162. The molecule has 2 aliphatic rings. The average molecular weight is 588 g/mol. The zero-order chi connectivity index (χ0) is 28.7. The molecule has 0 aliphatic carbocycles. The molecule has 0 spiro atoms. The number of nitrogens with one attached hydrogen (secondary N) is 1. The van der Waals surface area contributed by atoms with Crippen molar-refractivity contribution in [1.29, 1.82) is 0 Å². The molecule has 1 aromatic heterocycles. The number of methoxy groups -OCH3 is 1. The molecule has 15 nitrogen and oxygen atoms in total. The van der Waals surface area contributed by atoms with Crippen molar-refractivity contribution in [3.8, 4) is 0 Å². The molecular weight excluding hydrogens is 558 g/mol. The molecule has 1 unspecified atom stereocenters. The first-order valence-corrected chi connectivity index (χ1v) is 13.4. The fourth-order valence-electron chi connectivity index (χ4n) is 3.24. The number of thioether (sulfide) groups is 1. The summed E-state index contributed by atoms with van der Waals surface area (Å²) in [6.07, 6.45) is -1.21. The minimum Gasteiger partial charge on any atom is -0.427 e. The number of aromatic nitrogens is 1. The van der Waals surface area contributed by atoms with Crippen LogP contribution in [-0.4, -0.2) is 95.6 Å². The number of nitrogens with zero attached hydrogens (tertiary/aromatic N) is 3. The Kier molecular flexibility index (Phi) is 10.1. The van der Waals surface area contributed by atoms with E-state index in [-0.39, 0.29) is 29.9 Å². The quantitative estimate of drug-likeness (QED) is 0.0627. The molecule has 3 heterocycles. The van der Waals surface area contributed by atoms with Gasteiger partial charge in [0.25, 0.3) is 11.8 Å². The number of esters is 1. The van der Waals surface area contributed by atoms with Gasteiger partial charge in [0.2, 0.25) is 12.7 Å². The largest absolute Gasteiger partial charge is 0.518 e. The second kappa shape index (κ2) is 13.1. The van der Waals surface area contributed by atoms with Gasteiger partial charge in [-0.05, 0) is 20.8 Å². The van der Waals surface area contributed by atoms with Crippen molar-refractivity contribution in [2.45, 2.75) is 32.2 Å². The van der Waals surface area contributed by atoms with Gasteiger partial charge in [-0.25, -0.2) is 9.78 Å². The fraction of sp³-hybridized carbons (Fsp3) is 0.545. The molecule has 2 atom stereocenters. The van der Waals surface area contributed by atoms with Crippen molar-refractivity contribution in [3.63, 3.8) is 0 Å². The lowest BCUT2D eigenvalue weighted by atomic mass is 9.98. The minimum atomic E-state index is -1.21. The maximum Gasteiger partial charge on any atom is 0.518 e. The summed E-state index contributed by atoms with van der Waals surface area (Å²) in [5.41, 5.74) is 4.89. The van der Waals surface area contributed by atoms with E-state index in [1.54, 1.807) is 20.8 Å². The van der Waals surface area contributed by atoms with Crippen molar-refractivity contribution < 1.29 is 48.1 Å². The van der Waals surface area contributed by atoms with Gasteiger partial charge in [-0.2, -0.15) is 0 Å². The van der Waals surface area contributed by atoms with Gasteiger partial charge < -0.3 is 39.9 Å². The number of nitrogen functional groups attached to an aromatic ring is 1. The summed E-state index contributed by atoms with van der Waals surface area (Å²) in [6.45, 7) is 4.85. The summed E-state index contributed by atoms with van der Waals surface area (Å²) in [4.78, 5) is 55.2. The van der Waals surface area contributed by atoms with Crippen molar-refractivity contribution in [3.05, 3.63) is 22.5 Å². The topological polar surface area (TPSA) is 201 Å². The fourth-order valence-corrected chi connectivity index (χ4v) is 5.09. The summed E-state index contributed by atoms with van der Waals surface area (Å²) in [7, 11) is 1.52. The van der Waals surface area contributed by atoms with E-state index in [0.29, 0.717) is 17.9 Å². The number of hydrogen-bond donors (Lipinski definition) is 3. The Labute approximate surface area is 231 Å². The van der Waals surface area contributed by atoms with Gasteiger partial charge in [-0.1, -0.05) is 5.16 Å². The molecule has 4 N–H and O–H groups in total. The Hall–Kier alpha value is -3.41. The maximum absolute atomic E-state index is 13.1. The average Bonchev–Trinajstić information content (AvgIpc) is 3.30. The molecule has 0 saturated carbocycles. The summed E-state index contributed by atoms with van der Waals surface area (Å²) in [5, 5.41) is 15.8. The van der Waals surface area contributed by atoms with E-state index < -0.39 is 53.3 Å². The summed E-state index contributed by atoms with van der Waals surface area (Å²) >= 11 is 2.35. The van der Waals surface area contributed by atoms with E-state index in [2.05, 4.69) is 15.5 Å². The smallest absolute Gasteiger partial charge is 0.427 e. The van der Waals surface area contributed by atoms with Crippen LogP contribution < -0.4 is 11.1 Å². The number of hydrogen-bond acceptors (Lipinski definition) is 15. The summed E-state index contributed by atoms with van der Waals surface area (Å²) in [6, 6.07) is -1.02. The summed E-state index contributed by atoms with van der Waals surface area (Å²) in [5.74, 6) is -1.84. The molecule has 1 fully saturated rings. The molecule has 214 valence electrons. The Morgan fingerprint density at radius 2 is 2.03 bits per heavy atom. The van der Waals surface area contributed by atoms with Gasteiger partial charge >= 0.3 is 12.1 Å².